The third-order valence-electron chi connectivity index (χ3n) is 4.12. The molecule has 2 N–H and O–H groups in total. The first-order valence-electron chi connectivity index (χ1n) is 7.53. The quantitative estimate of drug-likeness (QED) is 0.834. The Labute approximate surface area is 120 Å². The molecule has 0 aromatic carbocycles. The molecular formula is C16H24N2O2. The van der Waals surface area contributed by atoms with Crippen molar-refractivity contribution in [3.63, 3.8) is 0 Å². The van der Waals surface area contributed by atoms with Crippen molar-refractivity contribution in [1.82, 2.24) is 4.98 Å². The van der Waals surface area contributed by atoms with Crippen molar-refractivity contribution in [3.8, 4) is 0 Å². The molecule has 0 radical (unpaired) electrons. The summed E-state index contributed by atoms with van der Waals surface area (Å²) in [5, 5.41) is 12.7. The molecule has 110 valence electrons. The predicted molar refractivity (Wildman–Crippen MR) is 80.4 cm³/mol. The van der Waals surface area contributed by atoms with Gasteiger partial charge in [-0.15, -0.1) is 0 Å². The van der Waals surface area contributed by atoms with E-state index in [9.17, 15) is 9.90 Å². The van der Waals surface area contributed by atoms with Crippen LogP contribution in [0.15, 0.2) is 6.07 Å². The number of nitrogens with one attached hydrogen (secondary N) is 1. The van der Waals surface area contributed by atoms with Crippen LogP contribution in [0.1, 0.15) is 61.6 Å². The molecule has 1 heterocycles. The molecule has 2 unspecified atom stereocenters. The van der Waals surface area contributed by atoms with Crippen LogP contribution < -0.4 is 5.32 Å². The first kappa shape index (κ1) is 14.8. The molecule has 4 heteroatoms. The van der Waals surface area contributed by atoms with Gasteiger partial charge in [-0.2, -0.15) is 0 Å². The summed E-state index contributed by atoms with van der Waals surface area (Å²) < 4.78 is 0. The number of aryl methyl sites for hydroxylation is 2. The van der Waals surface area contributed by atoms with E-state index in [2.05, 4.69) is 31.1 Å². The zero-order chi connectivity index (χ0) is 14.7. The number of carboxylic acids is 1. The fraction of sp³-hybridized carbons (Fsp3) is 0.625. The largest absolute Gasteiger partial charge is 0.478 e. The van der Waals surface area contributed by atoms with Crippen LogP contribution in [0, 0.1) is 5.92 Å². The number of hydrogen-bond donors (Lipinski definition) is 2. The minimum absolute atomic E-state index is 0.231. The lowest BCUT2D eigenvalue weighted by molar-refractivity contribution is 0.0697. The fourth-order valence-electron chi connectivity index (χ4n) is 2.81. The molecule has 20 heavy (non-hydrogen) atoms. The monoisotopic (exact) mass is 276 g/mol. The van der Waals surface area contributed by atoms with E-state index >= 15 is 0 Å². The number of carboxylic acid groups (broad SMARTS) is 1. The number of anilines is 1. The van der Waals surface area contributed by atoms with Crippen molar-refractivity contribution in [1.29, 1.82) is 0 Å². The van der Waals surface area contributed by atoms with Crippen molar-refractivity contribution in [2.45, 2.75) is 58.9 Å². The molecule has 0 spiro atoms. The molecule has 0 aliphatic heterocycles. The Kier molecular flexibility index (Phi) is 4.63. The van der Waals surface area contributed by atoms with Gasteiger partial charge in [0, 0.05) is 11.7 Å². The molecule has 0 fully saturated rings. The van der Waals surface area contributed by atoms with Gasteiger partial charge in [0.05, 0.1) is 0 Å². The third-order valence-corrected chi connectivity index (χ3v) is 4.12. The summed E-state index contributed by atoms with van der Waals surface area (Å²) in [4.78, 5) is 16.0. The Bertz CT molecular complexity index is 499. The minimum atomic E-state index is -0.898. The lowest BCUT2D eigenvalue weighted by Gasteiger charge is -2.19. The van der Waals surface area contributed by atoms with E-state index in [0.29, 0.717) is 17.3 Å². The first-order chi connectivity index (χ1) is 9.51. The molecule has 1 aliphatic carbocycles. The maximum atomic E-state index is 11.4. The number of fused-ring (bicyclic) bond motifs is 1. The number of aromatic carboxylic acids is 1. The van der Waals surface area contributed by atoms with Gasteiger partial charge in [0.1, 0.15) is 11.4 Å². The van der Waals surface area contributed by atoms with Gasteiger partial charge in [0.25, 0.3) is 0 Å². The van der Waals surface area contributed by atoms with Crippen LogP contribution in [-0.4, -0.2) is 22.1 Å². The van der Waals surface area contributed by atoms with E-state index in [0.717, 1.165) is 43.4 Å². The standard InChI is InChI=1S/C16H24N2O2/c1-4-10(2)8-11(3)17-15-13(16(19)20)9-12-6-5-7-14(12)18-15/h9-11H,4-8H2,1-3H3,(H,17,18)(H,19,20). The van der Waals surface area contributed by atoms with Gasteiger partial charge in [-0.05, 0) is 50.2 Å². The summed E-state index contributed by atoms with van der Waals surface area (Å²) in [6.45, 7) is 6.48. The van der Waals surface area contributed by atoms with E-state index in [1.807, 2.05) is 0 Å². The van der Waals surface area contributed by atoms with Gasteiger partial charge in [-0.3, -0.25) is 0 Å². The maximum Gasteiger partial charge on any atom is 0.339 e. The van der Waals surface area contributed by atoms with Gasteiger partial charge in [-0.25, -0.2) is 9.78 Å². The van der Waals surface area contributed by atoms with Crippen LogP contribution in [0.4, 0.5) is 5.82 Å². The van der Waals surface area contributed by atoms with Crippen molar-refractivity contribution < 1.29 is 9.90 Å². The lowest BCUT2D eigenvalue weighted by atomic mass is 10.00. The highest BCUT2D eigenvalue weighted by atomic mass is 16.4. The molecule has 1 aromatic rings. The summed E-state index contributed by atoms with van der Waals surface area (Å²) in [7, 11) is 0. The average Bonchev–Trinajstić information content (AvgIpc) is 2.84. The SMILES string of the molecule is CCC(C)CC(C)Nc1nc2c(cc1C(=O)O)CCC2. The van der Waals surface area contributed by atoms with Crippen LogP contribution >= 0.6 is 0 Å². The number of carbonyl (C=O) groups is 1. The molecule has 1 aliphatic rings. The maximum absolute atomic E-state index is 11.4. The Morgan fingerprint density at radius 2 is 2.20 bits per heavy atom. The topological polar surface area (TPSA) is 62.2 Å². The summed E-state index contributed by atoms with van der Waals surface area (Å²) in [5.41, 5.74) is 2.47. The predicted octanol–water partition coefficient (Wildman–Crippen LogP) is 3.51. The van der Waals surface area contributed by atoms with Crippen molar-refractivity contribution >= 4 is 11.8 Å². The number of rotatable bonds is 6. The Morgan fingerprint density at radius 3 is 2.85 bits per heavy atom. The Morgan fingerprint density at radius 1 is 1.45 bits per heavy atom. The minimum Gasteiger partial charge on any atom is -0.478 e. The van der Waals surface area contributed by atoms with Crippen molar-refractivity contribution in [2.24, 2.45) is 5.92 Å². The second-order valence-corrected chi connectivity index (χ2v) is 5.94. The third kappa shape index (κ3) is 3.30. The van der Waals surface area contributed by atoms with E-state index < -0.39 is 5.97 Å². The number of hydrogen-bond acceptors (Lipinski definition) is 3. The van der Waals surface area contributed by atoms with Gasteiger partial charge in [0.15, 0.2) is 0 Å². The molecule has 4 nitrogen and oxygen atoms in total. The molecule has 0 saturated carbocycles. The smallest absolute Gasteiger partial charge is 0.339 e. The fourth-order valence-corrected chi connectivity index (χ4v) is 2.81. The van der Waals surface area contributed by atoms with E-state index in [1.165, 1.54) is 0 Å². The summed E-state index contributed by atoms with van der Waals surface area (Å²) in [6.07, 6.45) is 5.14. The highest BCUT2D eigenvalue weighted by Gasteiger charge is 2.21. The van der Waals surface area contributed by atoms with E-state index in [-0.39, 0.29) is 6.04 Å². The van der Waals surface area contributed by atoms with Gasteiger partial charge >= 0.3 is 5.97 Å². The Hall–Kier alpha value is -1.58. The molecule has 1 aromatic heterocycles. The molecule has 2 atom stereocenters. The van der Waals surface area contributed by atoms with Gasteiger partial charge < -0.3 is 10.4 Å². The molecular weight excluding hydrogens is 252 g/mol. The van der Waals surface area contributed by atoms with Crippen LogP contribution in [0.25, 0.3) is 0 Å². The van der Waals surface area contributed by atoms with Crippen LogP contribution in [-0.2, 0) is 12.8 Å². The molecule has 0 saturated heterocycles. The zero-order valence-electron chi connectivity index (χ0n) is 12.6. The highest BCUT2D eigenvalue weighted by Crippen LogP contribution is 2.26. The van der Waals surface area contributed by atoms with E-state index in [4.69, 9.17) is 0 Å². The van der Waals surface area contributed by atoms with Gasteiger partial charge in [0.2, 0.25) is 0 Å². The lowest BCUT2D eigenvalue weighted by Crippen LogP contribution is -2.21. The Balaban J connectivity index is 2.19. The summed E-state index contributed by atoms with van der Waals surface area (Å²) in [5.74, 6) is 0.264. The molecule has 0 bridgehead atoms. The zero-order valence-corrected chi connectivity index (χ0v) is 12.6. The van der Waals surface area contributed by atoms with Crippen LogP contribution in [0.5, 0.6) is 0 Å². The number of aromatic nitrogens is 1. The van der Waals surface area contributed by atoms with Gasteiger partial charge in [-0.1, -0.05) is 20.3 Å². The second kappa shape index (κ2) is 6.25. The normalized spacial score (nSPS) is 16.6. The van der Waals surface area contributed by atoms with Crippen molar-refractivity contribution in [2.75, 3.05) is 5.32 Å². The molecule has 2 rings (SSSR count). The second-order valence-electron chi connectivity index (χ2n) is 5.94. The van der Waals surface area contributed by atoms with Crippen LogP contribution in [0.2, 0.25) is 0 Å². The highest BCUT2D eigenvalue weighted by molar-refractivity contribution is 5.93. The van der Waals surface area contributed by atoms with Crippen LogP contribution in [0.3, 0.4) is 0 Å². The summed E-state index contributed by atoms with van der Waals surface area (Å²) in [6, 6.07) is 2.03. The van der Waals surface area contributed by atoms with E-state index in [1.54, 1.807) is 6.07 Å². The van der Waals surface area contributed by atoms with Crippen molar-refractivity contribution in [3.05, 3.63) is 22.9 Å². The number of nitrogens with zero attached hydrogens (tertiary/aromatic N) is 1. The average molecular weight is 276 g/mol. The molecule has 0 amide bonds. The number of pyridine rings is 1. The first-order valence-corrected chi connectivity index (χ1v) is 7.53. The summed E-state index contributed by atoms with van der Waals surface area (Å²) >= 11 is 0.